The van der Waals surface area contributed by atoms with Crippen molar-refractivity contribution in [2.75, 3.05) is 32.7 Å². The van der Waals surface area contributed by atoms with Gasteiger partial charge in [0.05, 0.1) is 6.54 Å². The second kappa shape index (κ2) is 3.74. The fourth-order valence-corrected chi connectivity index (χ4v) is 2.47. The van der Waals surface area contributed by atoms with E-state index in [9.17, 15) is 8.78 Å². The van der Waals surface area contributed by atoms with Crippen LogP contribution in [0.2, 0.25) is 0 Å². The summed E-state index contributed by atoms with van der Waals surface area (Å²) in [6.07, 6.45) is 1.11. The number of hydrogen-bond donors (Lipinski definition) is 0. The second-order valence-corrected chi connectivity index (χ2v) is 4.41. The molecule has 2 heterocycles. The summed E-state index contributed by atoms with van der Waals surface area (Å²) in [5.74, 6) is -2.43. The van der Waals surface area contributed by atoms with Gasteiger partial charge in [0, 0.05) is 25.6 Å². The van der Waals surface area contributed by atoms with E-state index in [0.29, 0.717) is 12.6 Å². The maximum atomic E-state index is 13.0. The number of nitrogens with zero attached hydrogens (tertiary/aromatic N) is 2. The number of rotatable bonds is 2. The molecule has 0 aromatic rings. The van der Waals surface area contributed by atoms with Gasteiger partial charge in [-0.25, -0.2) is 8.78 Å². The molecule has 0 saturated carbocycles. The van der Waals surface area contributed by atoms with Gasteiger partial charge in [0.1, 0.15) is 0 Å². The molecule has 0 aromatic heterocycles. The van der Waals surface area contributed by atoms with Crippen LogP contribution in [-0.2, 0) is 0 Å². The minimum absolute atomic E-state index is 0.0186. The van der Waals surface area contributed by atoms with Gasteiger partial charge in [0.25, 0.3) is 5.92 Å². The molecule has 2 saturated heterocycles. The van der Waals surface area contributed by atoms with E-state index in [1.54, 1.807) is 0 Å². The van der Waals surface area contributed by atoms with E-state index in [1.807, 2.05) is 4.90 Å². The third-order valence-electron chi connectivity index (χ3n) is 3.41. The maximum absolute atomic E-state index is 13.0. The minimum Gasteiger partial charge on any atom is -0.302 e. The van der Waals surface area contributed by atoms with Crippen LogP contribution in [0.5, 0.6) is 0 Å². The predicted octanol–water partition coefficient (Wildman–Crippen LogP) is 1.42. The SMILES string of the molecule is CCN1CC[C@@H](N2CCC(F)(F)C2)C1. The molecular weight excluding hydrogens is 186 g/mol. The molecule has 0 amide bonds. The Morgan fingerprint density at radius 1 is 1.36 bits per heavy atom. The van der Waals surface area contributed by atoms with Crippen LogP contribution < -0.4 is 0 Å². The van der Waals surface area contributed by atoms with E-state index in [2.05, 4.69) is 11.8 Å². The maximum Gasteiger partial charge on any atom is 0.261 e. The molecule has 2 rings (SSSR count). The van der Waals surface area contributed by atoms with Crippen LogP contribution in [0.25, 0.3) is 0 Å². The van der Waals surface area contributed by atoms with E-state index < -0.39 is 5.92 Å². The van der Waals surface area contributed by atoms with Crippen LogP contribution in [0.3, 0.4) is 0 Å². The molecule has 14 heavy (non-hydrogen) atoms. The van der Waals surface area contributed by atoms with Crippen molar-refractivity contribution in [3.63, 3.8) is 0 Å². The van der Waals surface area contributed by atoms with Crippen molar-refractivity contribution in [3.8, 4) is 0 Å². The van der Waals surface area contributed by atoms with E-state index in [0.717, 1.165) is 26.1 Å². The second-order valence-electron chi connectivity index (χ2n) is 4.41. The third kappa shape index (κ3) is 2.06. The van der Waals surface area contributed by atoms with Crippen molar-refractivity contribution < 1.29 is 8.78 Å². The van der Waals surface area contributed by atoms with E-state index in [4.69, 9.17) is 0 Å². The summed E-state index contributed by atoms with van der Waals surface area (Å²) in [4.78, 5) is 4.30. The lowest BCUT2D eigenvalue weighted by Gasteiger charge is -2.23. The zero-order chi connectivity index (χ0) is 10.2. The van der Waals surface area contributed by atoms with Crippen LogP contribution in [0.15, 0.2) is 0 Å². The van der Waals surface area contributed by atoms with Crippen LogP contribution >= 0.6 is 0 Å². The van der Waals surface area contributed by atoms with Crippen molar-refractivity contribution in [3.05, 3.63) is 0 Å². The first-order valence-corrected chi connectivity index (χ1v) is 5.45. The molecule has 82 valence electrons. The Morgan fingerprint density at radius 3 is 2.64 bits per heavy atom. The molecule has 0 radical (unpaired) electrons. The molecule has 2 nitrogen and oxygen atoms in total. The molecule has 2 fully saturated rings. The lowest BCUT2D eigenvalue weighted by atomic mass is 10.2. The van der Waals surface area contributed by atoms with Gasteiger partial charge in [-0.15, -0.1) is 0 Å². The van der Waals surface area contributed by atoms with Crippen molar-refractivity contribution >= 4 is 0 Å². The highest BCUT2D eigenvalue weighted by Gasteiger charge is 2.42. The normalized spacial score (nSPS) is 34.1. The monoisotopic (exact) mass is 204 g/mol. The number of halogens is 2. The highest BCUT2D eigenvalue weighted by Crippen LogP contribution is 2.30. The lowest BCUT2D eigenvalue weighted by Crippen LogP contribution is -2.37. The van der Waals surface area contributed by atoms with Gasteiger partial charge in [-0.3, -0.25) is 4.90 Å². The number of likely N-dealkylation sites (N-methyl/N-ethyl adjacent to an activating group) is 1. The molecule has 0 aromatic carbocycles. The summed E-state index contributed by atoms with van der Waals surface area (Å²) in [6.45, 7) is 5.78. The molecular formula is C10H18F2N2. The summed E-state index contributed by atoms with van der Waals surface area (Å²) in [5, 5.41) is 0. The Bertz CT molecular complexity index is 208. The number of hydrogen-bond acceptors (Lipinski definition) is 2. The van der Waals surface area contributed by atoms with Gasteiger partial charge in [0.2, 0.25) is 0 Å². The Morgan fingerprint density at radius 2 is 2.14 bits per heavy atom. The van der Waals surface area contributed by atoms with Gasteiger partial charge >= 0.3 is 0 Å². The number of likely N-dealkylation sites (tertiary alicyclic amines) is 2. The number of alkyl halides is 2. The van der Waals surface area contributed by atoms with Crippen molar-refractivity contribution in [1.82, 2.24) is 9.80 Å². The Balaban J connectivity index is 1.86. The molecule has 4 heteroatoms. The van der Waals surface area contributed by atoms with Gasteiger partial charge in [-0.2, -0.15) is 0 Å². The Labute approximate surface area is 83.9 Å². The van der Waals surface area contributed by atoms with E-state index in [1.165, 1.54) is 0 Å². The predicted molar refractivity (Wildman–Crippen MR) is 51.7 cm³/mol. The average Bonchev–Trinajstić information content (AvgIpc) is 2.70. The first-order chi connectivity index (χ1) is 6.61. The highest BCUT2D eigenvalue weighted by atomic mass is 19.3. The van der Waals surface area contributed by atoms with Crippen LogP contribution in [-0.4, -0.2) is 54.5 Å². The van der Waals surface area contributed by atoms with Crippen LogP contribution in [0, 0.1) is 0 Å². The standard InChI is InChI=1S/C10H18F2N2/c1-2-13-5-3-9(7-13)14-6-4-10(11,12)8-14/h9H,2-8H2,1H3/t9-/m1/s1. The summed E-state index contributed by atoms with van der Waals surface area (Å²) in [6, 6.07) is 0.378. The smallest absolute Gasteiger partial charge is 0.261 e. The molecule has 0 unspecified atom stereocenters. The van der Waals surface area contributed by atoms with Gasteiger partial charge in [-0.05, 0) is 19.5 Å². The zero-order valence-corrected chi connectivity index (χ0v) is 8.68. The first-order valence-electron chi connectivity index (χ1n) is 5.45. The largest absolute Gasteiger partial charge is 0.302 e. The molecule has 0 N–H and O–H groups in total. The highest BCUT2D eigenvalue weighted by molar-refractivity contribution is 4.90. The summed E-state index contributed by atoms with van der Waals surface area (Å²) in [7, 11) is 0. The first kappa shape index (κ1) is 10.3. The van der Waals surface area contributed by atoms with E-state index >= 15 is 0 Å². The molecule has 2 aliphatic heterocycles. The Hall–Kier alpha value is -0.220. The van der Waals surface area contributed by atoms with E-state index in [-0.39, 0.29) is 13.0 Å². The molecule has 0 spiro atoms. The molecule has 2 aliphatic rings. The van der Waals surface area contributed by atoms with Crippen molar-refractivity contribution in [2.24, 2.45) is 0 Å². The molecule has 0 aliphatic carbocycles. The van der Waals surface area contributed by atoms with Gasteiger partial charge < -0.3 is 4.90 Å². The summed E-state index contributed by atoms with van der Waals surface area (Å²) >= 11 is 0. The van der Waals surface area contributed by atoms with Gasteiger partial charge in [0.15, 0.2) is 0 Å². The topological polar surface area (TPSA) is 6.48 Å². The fraction of sp³-hybridized carbons (Fsp3) is 1.00. The van der Waals surface area contributed by atoms with Gasteiger partial charge in [-0.1, -0.05) is 6.92 Å². The zero-order valence-electron chi connectivity index (χ0n) is 8.68. The minimum atomic E-state index is -2.43. The molecule has 1 atom stereocenters. The third-order valence-corrected chi connectivity index (χ3v) is 3.41. The summed E-state index contributed by atoms with van der Waals surface area (Å²) in [5.41, 5.74) is 0. The van der Waals surface area contributed by atoms with Crippen molar-refractivity contribution in [2.45, 2.75) is 31.7 Å². The molecule has 0 bridgehead atoms. The summed E-state index contributed by atoms with van der Waals surface area (Å²) < 4.78 is 25.9. The van der Waals surface area contributed by atoms with Crippen LogP contribution in [0.4, 0.5) is 8.78 Å². The quantitative estimate of drug-likeness (QED) is 0.671. The fourth-order valence-electron chi connectivity index (χ4n) is 2.47. The Kier molecular flexibility index (Phi) is 2.75. The van der Waals surface area contributed by atoms with Crippen molar-refractivity contribution in [1.29, 1.82) is 0 Å². The lowest BCUT2D eigenvalue weighted by molar-refractivity contribution is 0.00807. The average molecular weight is 204 g/mol. The van der Waals surface area contributed by atoms with Crippen LogP contribution in [0.1, 0.15) is 19.8 Å².